The smallest absolute Gasteiger partial charge is 0.259 e. The lowest BCUT2D eigenvalue weighted by Gasteiger charge is -2.37. The largest absolute Gasteiger partial charge is 0.472 e. The fourth-order valence-corrected chi connectivity index (χ4v) is 4.24. The molecule has 3 aromatic rings. The molecule has 3 heterocycles. The summed E-state index contributed by atoms with van der Waals surface area (Å²) < 4.78 is 19.6. The number of hydrogen-bond donors (Lipinski definition) is 1. The van der Waals surface area contributed by atoms with Gasteiger partial charge in [0.15, 0.2) is 0 Å². The first kappa shape index (κ1) is 26.3. The molecular formula is C29H31FN4O3. The molecule has 0 saturated carbocycles. The number of fused-ring (bicyclic) bond motifs is 1. The van der Waals surface area contributed by atoms with E-state index in [1.807, 2.05) is 33.0 Å². The quantitative estimate of drug-likeness (QED) is 0.521. The van der Waals surface area contributed by atoms with E-state index in [-0.39, 0.29) is 42.3 Å². The number of amides is 1. The van der Waals surface area contributed by atoms with Crippen molar-refractivity contribution in [2.75, 3.05) is 26.7 Å². The first-order valence-corrected chi connectivity index (χ1v) is 12.3. The summed E-state index contributed by atoms with van der Waals surface area (Å²) >= 11 is 0. The number of likely N-dealkylation sites (N-methyl/N-ethyl adjacent to an activating group) is 1. The van der Waals surface area contributed by atoms with Crippen molar-refractivity contribution < 1.29 is 19.0 Å². The predicted octanol–water partition coefficient (Wildman–Crippen LogP) is 3.37. The van der Waals surface area contributed by atoms with E-state index in [9.17, 15) is 14.3 Å². The van der Waals surface area contributed by atoms with Gasteiger partial charge in [-0.25, -0.2) is 9.37 Å². The minimum absolute atomic E-state index is 0.0337. The molecule has 4 rings (SSSR count). The number of aliphatic hydroxyl groups excluding tert-OH is 1. The van der Waals surface area contributed by atoms with Crippen LogP contribution in [-0.2, 0) is 6.54 Å². The molecule has 1 amide bonds. The summed E-state index contributed by atoms with van der Waals surface area (Å²) in [6.07, 6.45) is 4.67. The minimum atomic E-state index is -0.372. The van der Waals surface area contributed by atoms with Crippen LogP contribution in [0, 0.1) is 23.6 Å². The van der Waals surface area contributed by atoms with Crippen molar-refractivity contribution in [1.29, 1.82) is 0 Å². The summed E-state index contributed by atoms with van der Waals surface area (Å²) in [4.78, 5) is 25.9. The first-order valence-electron chi connectivity index (χ1n) is 12.3. The molecule has 0 fully saturated rings. The number of halogens is 1. The fraction of sp³-hybridized carbons (Fsp3) is 0.345. The van der Waals surface area contributed by atoms with E-state index >= 15 is 0 Å². The molecule has 0 spiro atoms. The molecule has 0 unspecified atom stereocenters. The maximum atomic E-state index is 13.6. The SMILES string of the molecule is C[C@H](CO)N1C[C@H](C)[C@@H](CN(C)Cc2ccc(F)cc2)Oc2ncc(C#Cc3cccnc3)cc2C1=O. The Labute approximate surface area is 216 Å². The van der Waals surface area contributed by atoms with Gasteiger partial charge in [-0.2, -0.15) is 0 Å². The average molecular weight is 503 g/mol. The van der Waals surface area contributed by atoms with E-state index in [2.05, 4.69) is 26.7 Å². The van der Waals surface area contributed by atoms with Gasteiger partial charge in [-0.1, -0.05) is 30.9 Å². The van der Waals surface area contributed by atoms with Crippen molar-refractivity contribution >= 4 is 5.91 Å². The van der Waals surface area contributed by atoms with Gasteiger partial charge in [0.2, 0.25) is 5.88 Å². The molecule has 1 aromatic carbocycles. The molecule has 1 N–H and O–H groups in total. The molecule has 0 bridgehead atoms. The van der Waals surface area contributed by atoms with Gasteiger partial charge in [0.05, 0.1) is 12.6 Å². The molecular weight excluding hydrogens is 471 g/mol. The maximum Gasteiger partial charge on any atom is 0.259 e. The molecule has 8 heteroatoms. The van der Waals surface area contributed by atoms with Gasteiger partial charge in [0.1, 0.15) is 17.5 Å². The molecule has 7 nitrogen and oxygen atoms in total. The third-order valence-corrected chi connectivity index (χ3v) is 6.39. The Kier molecular flexibility index (Phi) is 8.49. The molecule has 2 aromatic heterocycles. The summed E-state index contributed by atoms with van der Waals surface area (Å²) in [5, 5.41) is 9.86. The van der Waals surface area contributed by atoms with Gasteiger partial charge in [0.25, 0.3) is 5.91 Å². The summed E-state index contributed by atoms with van der Waals surface area (Å²) in [7, 11) is 1.98. The van der Waals surface area contributed by atoms with E-state index < -0.39 is 0 Å². The van der Waals surface area contributed by atoms with Gasteiger partial charge in [0, 0.05) is 55.3 Å². The Balaban J connectivity index is 1.61. The lowest BCUT2D eigenvalue weighted by molar-refractivity contribution is 0.0325. The van der Waals surface area contributed by atoms with Gasteiger partial charge >= 0.3 is 0 Å². The minimum Gasteiger partial charge on any atom is -0.472 e. The number of benzene rings is 1. The van der Waals surface area contributed by atoms with Crippen LogP contribution in [0.1, 0.15) is 40.9 Å². The van der Waals surface area contributed by atoms with E-state index in [1.165, 1.54) is 12.1 Å². The Bertz CT molecular complexity index is 1270. The summed E-state index contributed by atoms with van der Waals surface area (Å²) in [5.41, 5.74) is 2.64. The van der Waals surface area contributed by atoms with Crippen LogP contribution < -0.4 is 4.74 Å². The van der Waals surface area contributed by atoms with Crippen LogP contribution in [0.15, 0.2) is 61.1 Å². The summed E-state index contributed by atoms with van der Waals surface area (Å²) in [6.45, 7) is 5.29. The van der Waals surface area contributed by atoms with Crippen LogP contribution in [0.5, 0.6) is 5.88 Å². The monoisotopic (exact) mass is 502 g/mol. The van der Waals surface area contributed by atoms with Crippen molar-refractivity contribution in [3.8, 4) is 17.7 Å². The number of carbonyl (C=O) groups is 1. The Morgan fingerprint density at radius 2 is 1.97 bits per heavy atom. The highest BCUT2D eigenvalue weighted by atomic mass is 19.1. The topological polar surface area (TPSA) is 78.8 Å². The third-order valence-electron chi connectivity index (χ3n) is 6.39. The lowest BCUT2D eigenvalue weighted by Crippen LogP contribution is -2.49. The number of pyridine rings is 2. The highest BCUT2D eigenvalue weighted by molar-refractivity contribution is 5.97. The van der Waals surface area contributed by atoms with Crippen LogP contribution in [0.3, 0.4) is 0 Å². The number of nitrogens with zero attached hydrogens (tertiary/aromatic N) is 4. The van der Waals surface area contributed by atoms with Gasteiger partial charge in [-0.05, 0) is 49.9 Å². The third kappa shape index (κ3) is 6.70. The average Bonchev–Trinajstić information content (AvgIpc) is 2.91. The number of aromatic nitrogens is 2. The number of rotatable bonds is 6. The summed E-state index contributed by atoms with van der Waals surface area (Å²) in [6, 6.07) is 11.4. The predicted molar refractivity (Wildman–Crippen MR) is 138 cm³/mol. The van der Waals surface area contributed by atoms with Crippen LogP contribution in [0.2, 0.25) is 0 Å². The van der Waals surface area contributed by atoms with Crippen LogP contribution in [0.4, 0.5) is 4.39 Å². The normalized spacial score (nSPS) is 18.2. The second-order valence-corrected chi connectivity index (χ2v) is 9.51. The molecule has 1 aliphatic heterocycles. The molecule has 0 saturated heterocycles. The Morgan fingerprint density at radius 3 is 2.68 bits per heavy atom. The first-order chi connectivity index (χ1) is 17.8. The van der Waals surface area contributed by atoms with Crippen LogP contribution in [0.25, 0.3) is 0 Å². The molecule has 0 aliphatic carbocycles. The zero-order valence-corrected chi connectivity index (χ0v) is 21.3. The second-order valence-electron chi connectivity index (χ2n) is 9.51. The number of carbonyl (C=O) groups excluding carboxylic acids is 1. The van der Waals surface area contributed by atoms with E-state index in [0.29, 0.717) is 30.8 Å². The van der Waals surface area contributed by atoms with E-state index in [0.717, 1.165) is 11.1 Å². The molecule has 192 valence electrons. The zero-order valence-electron chi connectivity index (χ0n) is 21.3. The van der Waals surface area contributed by atoms with Crippen molar-refractivity contribution in [2.45, 2.75) is 32.5 Å². The number of ether oxygens (including phenoxy) is 1. The molecule has 1 aliphatic rings. The number of hydrogen-bond acceptors (Lipinski definition) is 6. The Morgan fingerprint density at radius 1 is 1.22 bits per heavy atom. The second kappa shape index (κ2) is 12.0. The van der Waals surface area contributed by atoms with Gasteiger partial charge in [-0.3, -0.25) is 14.7 Å². The van der Waals surface area contributed by atoms with E-state index in [4.69, 9.17) is 4.74 Å². The van der Waals surface area contributed by atoms with Crippen molar-refractivity contribution in [3.63, 3.8) is 0 Å². The van der Waals surface area contributed by atoms with Crippen LogP contribution >= 0.6 is 0 Å². The highest BCUT2D eigenvalue weighted by Gasteiger charge is 2.34. The van der Waals surface area contributed by atoms with E-state index in [1.54, 1.807) is 41.7 Å². The zero-order chi connectivity index (χ0) is 26.4. The van der Waals surface area contributed by atoms with Gasteiger partial charge < -0.3 is 14.7 Å². The molecule has 0 radical (unpaired) electrons. The fourth-order valence-electron chi connectivity index (χ4n) is 4.24. The maximum absolute atomic E-state index is 13.6. The number of aliphatic hydroxyl groups is 1. The molecule has 37 heavy (non-hydrogen) atoms. The standard InChI is InChI=1S/C29H31FN4O3/c1-20-16-34(21(2)19-35)29(36)26-13-24(7-6-22-5-4-12-31-14-22)15-32-28(26)37-27(20)18-33(3)17-23-8-10-25(30)11-9-23/h4-5,8-15,20-21,27,35H,16-19H2,1-3H3/t20-,21+,27+/m0/s1. The van der Waals surface area contributed by atoms with Crippen molar-refractivity contribution in [1.82, 2.24) is 19.8 Å². The van der Waals surface area contributed by atoms with Crippen molar-refractivity contribution in [2.24, 2.45) is 5.92 Å². The van der Waals surface area contributed by atoms with Crippen molar-refractivity contribution in [3.05, 3.63) is 89.1 Å². The van der Waals surface area contributed by atoms with Gasteiger partial charge in [-0.15, -0.1) is 0 Å². The lowest BCUT2D eigenvalue weighted by atomic mass is 9.99. The highest BCUT2D eigenvalue weighted by Crippen LogP contribution is 2.27. The molecule has 3 atom stereocenters. The Hall–Kier alpha value is -3.80. The summed E-state index contributed by atoms with van der Waals surface area (Å²) in [5.74, 6) is 5.78. The van der Waals surface area contributed by atoms with Crippen LogP contribution in [-0.4, -0.2) is 69.7 Å².